The molecule has 0 radical (unpaired) electrons. The molecule has 1 atom stereocenters. The first-order valence-corrected chi connectivity index (χ1v) is 9.51. The second-order valence-electron chi connectivity index (χ2n) is 7.53. The second-order valence-corrected chi connectivity index (χ2v) is 7.53. The van der Waals surface area contributed by atoms with Crippen LogP contribution in [-0.4, -0.2) is 54.7 Å². The number of nitrogens with zero attached hydrogens (tertiary/aromatic N) is 8. The molecule has 0 spiro atoms. The lowest BCUT2D eigenvalue weighted by molar-refractivity contribution is -0.117. The van der Waals surface area contributed by atoms with E-state index in [2.05, 4.69) is 20.1 Å². The molecule has 10 heteroatoms. The maximum atomic E-state index is 12.6. The zero-order chi connectivity index (χ0) is 19.4. The van der Waals surface area contributed by atoms with Crippen LogP contribution in [0.25, 0.3) is 11.0 Å². The van der Waals surface area contributed by atoms with Gasteiger partial charge in [0.1, 0.15) is 5.39 Å². The molecule has 2 aliphatic rings. The lowest BCUT2D eigenvalue weighted by atomic mass is 10.3. The highest BCUT2D eigenvalue weighted by molar-refractivity contribution is 5.95. The van der Waals surface area contributed by atoms with Crippen LogP contribution in [0.4, 0.5) is 11.6 Å². The van der Waals surface area contributed by atoms with Crippen LogP contribution in [0.3, 0.4) is 0 Å². The Morgan fingerprint density at radius 3 is 2.79 bits per heavy atom. The third-order valence-electron chi connectivity index (χ3n) is 5.64. The molecule has 5 heterocycles. The SMILES string of the molecule is Cn1cc2c(=O)n(C)c(N3CCC(n4cc(N5CCCC5=O)cn4)C3)nc2n1. The first-order chi connectivity index (χ1) is 13.5. The Kier molecular flexibility index (Phi) is 3.74. The predicted molar refractivity (Wildman–Crippen MR) is 103 cm³/mol. The van der Waals surface area contributed by atoms with Gasteiger partial charge in [-0.3, -0.25) is 23.5 Å². The fourth-order valence-electron chi connectivity index (χ4n) is 4.16. The van der Waals surface area contributed by atoms with Crippen LogP contribution in [0.2, 0.25) is 0 Å². The van der Waals surface area contributed by atoms with E-state index in [1.54, 1.807) is 40.6 Å². The predicted octanol–water partition coefficient (Wildman–Crippen LogP) is 0.442. The van der Waals surface area contributed by atoms with Crippen LogP contribution in [0.1, 0.15) is 25.3 Å². The highest BCUT2D eigenvalue weighted by Gasteiger charge is 2.29. The normalized spacial score (nSPS) is 20.1. The van der Waals surface area contributed by atoms with Crippen LogP contribution in [-0.2, 0) is 18.9 Å². The molecule has 2 fully saturated rings. The van der Waals surface area contributed by atoms with E-state index in [1.165, 1.54) is 0 Å². The van der Waals surface area contributed by atoms with Crippen LogP contribution in [0.15, 0.2) is 23.4 Å². The Balaban J connectivity index is 1.40. The molecule has 3 aromatic rings. The van der Waals surface area contributed by atoms with E-state index in [1.807, 2.05) is 10.9 Å². The number of hydrogen-bond donors (Lipinski definition) is 0. The van der Waals surface area contributed by atoms with Gasteiger partial charge in [-0.2, -0.15) is 15.2 Å². The monoisotopic (exact) mass is 382 g/mol. The van der Waals surface area contributed by atoms with Crippen LogP contribution in [0.5, 0.6) is 0 Å². The number of amides is 1. The molecule has 0 aromatic carbocycles. The van der Waals surface area contributed by atoms with E-state index >= 15 is 0 Å². The lowest BCUT2D eigenvalue weighted by Gasteiger charge is -2.20. The van der Waals surface area contributed by atoms with Gasteiger partial charge in [-0.25, -0.2) is 0 Å². The lowest BCUT2D eigenvalue weighted by Crippen LogP contribution is -2.30. The van der Waals surface area contributed by atoms with Gasteiger partial charge in [-0.05, 0) is 12.8 Å². The van der Waals surface area contributed by atoms with Gasteiger partial charge in [0.2, 0.25) is 11.9 Å². The Bertz CT molecular complexity index is 1130. The molecule has 0 bridgehead atoms. The van der Waals surface area contributed by atoms with Gasteiger partial charge in [0.25, 0.3) is 5.56 Å². The van der Waals surface area contributed by atoms with Gasteiger partial charge in [0.15, 0.2) is 5.65 Å². The van der Waals surface area contributed by atoms with Crippen molar-refractivity contribution in [3.63, 3.8) is 0 Å². The number of carbonyl (C=O) groups is 1. The first kappa shape index (κ1) is 17.0. The van der Waals surface area contributed by atoms with Crippen molar-refractivity contribution in [2.24, 2.45) is 14.1 Å². The quantitative estimate of drug-likeness (QED) is 0.653. The number of hydrogen-bond acceptors (Lipinski definition) is 6. The van der Waals surface area contributed by atoms with E-state index in [4.69, 9.17) is 0 Å². The van der Waals surface area contributed by atoms with Crippen molar-refractivity contribution in [1.29, 1.82) is 0 Å². The van der Waals surface area contributed by atoms with E-state index in [9.17, 15) is 9.59 Å². The average molecular weight is 382 g/mol. The van der Waals surface area contributed by atoms with Gasteiger partial charge in [-0.1, -0.05) is 0 Å². The standard InChI is InChI=1S/C18H22N8O2/c1-22-11-14-16(21-22)20-18(23(2)17(14)28)24-7-5-12(9-24)26-10-13(8-19-26)25-6-3-4-15(25)27/h8,10-12H,3-7,9H2,1-2H3. The zero-order valence-corrected chi connectivity index (χ0v) is 15.9. The molecular formula is C18H22N8O2. The zero-order valence-electron chi connectivity index (χ0n) is 15.9. The van der Waals surface area contributed by atoms with E-state index in [0.717, 1.165) is 31.6 Å². The smallest absolute Gasteiger partial charge is 0.265 e. The van der Waals surface area contributed by atoms with Crippen molar-refractivity contribution in [2.75, 3.05) is 29.4 Å². The summed E-state index contributed by atoms with van der Waals surface area (Å²) in [4.78, 5) is 33.1. The van der Waals surface area contributed by atoms with E-state index in [0.29, 0.717) is 29.9 Å². The summed E-state index contributed by atoms with van der Waals surface area (Å²) in [6.45, 7) is 2.24. The number of aromatic nitrogens is 6. The minimum absolute atomic E-state index is 0.0922. The molecule has 0 aliphatic carbocycles. The Morgan fingerprint density at radius 1 is 1.14 bits per heavy atom. The number of rotatable bonds is 3. The molecule has 146 valence electrons. The fraction of sp³-hybridized carbons (Fsp3) is 0.500. The van der Waals surface area contributed by atoms with Crippen molar-refractivity contribution in [2.45, 2.75) is 25.3 Å². The largest absolute Gasteiger partial charge is 0.340 e. The molecule has 2 saturated heterocycles. The molecule has 1 unspecified atom stereocenters. The summed E-state index contributed by atoms with van der Waals surface area (Å²) in [7, 11) is 3.53. The first-order valence-electron chi connectivity index (χ1n) is 9.51. The van der Waals surface area contributed by atoms with Gasteiger partial charge in [0.05, 0.1) is 17.9 Å². The van der Waals surface area contributed by atoms with Crippen LogP contribution < -0.4 is 15.4 Å². The van der Waals surface area contributed by atoms with E-state index in [-0.39, 0.29) is 17.5 Å². The van der Waals surface area contributed by atoms with Crippen molar-refractivity contribution in [3.8, 4) is 0 Å². The van der Waals surface area contributed by atoms with Crippen molar-refractivity contribution in [1.82, 2.24) is 29.1 Å². The molecule has 10 nitrogen and oxygen atoms in total. The minimum atomic E-state index is -0.0922. The summed E-state index contributed by atoms with van der Waals surface area (Å²) in [5, 5.41) is 9.30. The fourth-order valence-corrected chi connectivity index (χ4v) is 4.16. The molecule has 0 N–H and O–H groups in total. The number of aryl methyl sites for hydroxylation is 1. The number of anilines is 2. The highest BCUT2D eigenvalue weighted by atomic mass is 16.2. The third-order valence-corrected chi connectivity index (χ3v) is 5.64. The van der Waals surface area contributed by atoms with Gasteiger partial charge < -0.3 is 9.80 Å². The number of carbonyl (C=O) groups excluding carboxylic acids is 1. The maximum Gasteiger partial charge on any atom is 0.265 e. The number of fused-ring (bicyclic) bond motifs is 1. The van der Waals surface area contributed by atoms with E-state index < -0.39 is 0 Å². The third kappa shape index (κ3) is 2.59. The van der Waals surface area contributed by atoms with Crippen molar-refractivity contribution >= 4 is 28.6 Å². The van der Waals surface area contributed by atoms with Gasteiger partial charge in [-0.15, -0.1) is 0 Å². The van der Waals surface area contributed by atoms with Crippen LogP contribution >= 0.6 is 0 Å². The summed E-state index contributed by atoms with van der Waals surface area (Å²) in [5.41, 5.74) is 1.24. The molecule has 2 aliphatic heterocycles. The topological polar surface area (TPSA) is 94.1 Å². The minimum Gasteiger partial charge on any atom is -0.340 e. The second kappa shape index (κ2) is 6.18. The average Bonchev–Trinajstić information content (AvgIpc) is 3.43. The summed E-state index contributed by atoms with van der Waals surface area (Å²) < 4.78 is 5.13. The summed E-state index contributed by atoms with van der Waals surface area (Å²) in [6.07, 6.45) is 7.82. The molecule has 1 amide bonds. The molecular weight excluding hydrogens is 360 g/mol. The van der Waals surface area contributed by atoms with Crippen LogP contribution in [0, 0.1) is 0 Å². The Morgan fingerprint density at radius 2 is 2.00 bits per heavy atom. The summed E-state index contributed by atoms with van der Waals surface area (Å²) in [6, 6.07) is 0.169. The maximum absolute atomic E-state index is 12.6. The highest BCUT2D eigenvalue weighted by Crippen LogP contribution is 2.28. The molecule has 0 saturated carbocycles. The summed E-state index contributed by atoms with van der Waals surface area (Å²) >= 11 is 0. The Hall–Kier alpha value is -3.17. The molecule has 28 heavy (non-hydrogen) atoms. The van der Waals surface area contributed by atoms with Crippen molar-refractivity contribution < 1.29 is 4.79 Å². The van der Waals surface area contributed by atoms with Gasteiger partial charge in [0, 0.05) is 52.5 Å². The molecule has 5 rings (SSSR count). The van der Waals surface area contributed by atoms with Gasteiger partial charge >= 0.3 is 0 Å². The molecule has 3 aromatic heterocycles. The Labute approximate surface area is 161 Å². The summed E-state index contributed by atoms with van der Waals surface area (Å²) in [5.74, 6) is 0.788. The van der Waals surface area contributed by atoms with Crippen molar-refractivity contribution in [3.05, 3.63) is 28.9 Å².